The third kappa shape index (κ3) is 3.93. The van der Waals surface area contributed by atoms with E-state index in [-0.39, 0.29) is 10.6 Å². The fraction of sp³-hybridized carbons (Fsp3) is 0.600. The zero-order chi connectivity index (χ0) is 14.5. The van der Waals surface area contributed by atoms with E-state index in [1.54, 1.807) is 18.2 Å². The summed E-state index contributed by atoms with van der Waals surface area (Å²) >= 11 is 0. The van der Waals surface area contributed by atoms with Gasteiger partial charge in [-0.3, -0.25) is 15.0 Å². The summed E-state index contributed by atoms with van der Waals surface area (Å²) in [7, 11) is 0. The Kier molecular flexibility index (Phi) is 4.95. The maximum absolute atomic E-state index is 10.8. The Morgan fingerprint density at radius 3 is 2.55 bits per heavy atom. The molecule has 1 aromatic rings. The van der Waals surface area contributed by atoms with Gasteiger partial charge in [-0.15, -0.1) is 0 Å². The molecule has 0 aromatic heterocycles. The van der Waals surface area contributed by atoms with Gasteiger partial charge in [0.2, 0.25) is 0 Å². The highest BCUT2D eigenvalue weighted by atomic mass is 16.6. The lowest BCUT2D eigenvalue weighted by atomic mass is 10.1. The van der Waals surface area contributed by atoms with Crippen LogP contribution in [0.1, 0.15) is 20.3 Å². The summed E-state index contributed by atoms with van der Waals surface area (Å²) in [5.41, 5.74) is 1.13. The Morgan fingerprint density at radius 1 is 1.25 bits per heavy atom. The van der Waals surface area contributed by atoms with Crippen LogP contribution < -0.4 is 4.90 Å². The van der Waals surface area contributed by atoms with E-state index in [0.717, 1.165) is 44.3 Å². The van der Waals surface area contributed by atoms with Gasteiger partial charge in [0.25, 0.3) is 5.69 Å². The molecule has 0 amide bonds. The van der Waals surface area contributed by atoms with E-state index in [9.17, 15) is 10.1 Å². The molecule has 1 saturated heterocycles. The van der Waals surface area contributed by atoms with Crippen LogP contribution in [0.25, 0.3) is 0 Å². The predicted octanol–water partition coefficient (Wildman–Crippen LogP) is 2.76. The van der Waals surface area contributed by atoms with Gasteiger partial charge in [-0.05, 0) is 24.9 Å². The van der Waals surface area contributed by atoms with Gasteiger partial charge in [0.1, 0.15) is 0 Å². The predicted molar refractivity (Wildman–Crippen MR) is 81.2 cm³/mol. The number of piperazine rings is 1. The van der Waals surface area contributed by atoms with Gasteiger partial charge in [0.15, 0.2) is 0 Å². The van der Waals surface area contributed by atoms with Gasteiger partial charge < -0.3 is 4.90 Å². The van der Waals surface area contributed by atoms with Crippen molar-refractivity contribution in [1.29, 1.82) is 0 Å². The molecule has 110 valence electrons. The highest BCUT2D eigenvalue weighted by Crippen LogP contribution is 2.22. The Morgan fingerprint density at radius 2 is 1.95 bits per heavy atom. The number of rotatable bonds is 5. The highest BCUT2D eigenvalue weighted by molar-refractivity contribution is 5.53. The van der Waals surface area contributed by atoms with Crippen LogP contribution in [0.3, 0.4) is 0 Å². The summed E-state index contributed by atoms with van der Waals surface area (Å²) in [6.45, 7) is 9.61. The lowest BCUT2D eigenvalue weighted by Gasteiger charge is -2.36. The van der Waals surface area contributed by atoms with Crippen LogP contribution in [0.4, 0.5) is 11.4 Å². The van der Waals surface area contributed by atoms with E-state index >= 15 is 0 Å². The second-order valence-electron chi connectivity index (χ2n) is 5.79. The monoisotopic (exact) mass is 277 g/mol. The topological polar surface area (TPSA) is 49.6 Å². The van der Waals surface area contributed by atoms with Gasteiger partial charge in [-0.25, -0.2) is 0 Å². The molecule has 5 nitrogen and oxygen atoms in total. The number of hydrogen-bond donors (Lipinski definition) is 0. The Bertz CT molecular complexity index is 454. The zero-order valence-corrected chi connectivity index (χ0v) is 12.3. The van der Waals surface area contributed by atoms with Crippen LogP contribution in [0.5, 0.6) is 0 Å². The molecular weight excluding hydrogens is 254 g/mol. The Balaban J connectivity index is 1.90. The van der Waals surface area contributed by atoms with Crippen molar-refractivity contribution in [1.82, 2.24) is 4.90 Å². The van der Waals surface area contributed by atoms with Crippen LogP contribution >= 0.6 is 0 Å². The van der Waals surface area contributed by atoms with Crippen molar-refractivity contribution in [3.63, 3.8) is 0 Å². The van der Waals surface area contributed by atoms with Crippen LogP contribution in [0.2, 0.25) is 0 Å². The van der Waals surface area contributed by atoms with Crippen LogP contribution in [-0.2, 0) is 0 Å². The van der Waals surface area contributed by atoms with Gasteiger partial charge in [0, 0.05) is 44.0 Å². The first-order chi connectivity index (χ1) is 9.56. The number of non-ortho nitro benzene ring substituents is 1. The molecule has 1 aliphatic heterocycles. The molecule has 0 spiro atoms. The first-order valence-electron chi connectivity index (χ1n) is 7.28. The zero-order valence-electron chi connectivity index (χ0n) is 12.3. The molecule has 1 fully saturated rings. The van der Waals surface area contributed by atoms with Crippen molar-refractivity contribution >= 4 is 11.4 Å². The Hall–Kier alpha value is -1.62. The minimum Gasteiger partial charge on any atom is -0.369 e. The van der Waals surface area contributed by atoms with Crippen molar-refractivity contribution in [2.45, 2.75) is 20.3 Å². The third-order valence-corrected chi connectivity index (χ3v) is 3.80. The van der Waals surface area contributed by atoms with E-state index < -0.39 is 0 Å². The summed E-state index contributed by atoms with van der Waals surface area (Å²) in [6.07, 6.45) is 1.23. The SMILES string of the molecule is CC(C)CCN1CCN(c2cccc([N+](=O)[O-])c2)CC1. The average molecular weight is 277 g/mol. The molecule has 0 saturated carbocycles. The molecule has 0 aliphatic carbocycles. The summed E-state index contributed by atoms with van der Waals surface area (Å²) < 4.78 is 0. The molecule has 0 atom stereocenters. The summed E-state index contributed by atoms with van der Waals surface area (Å²) in [6, 6.07) is 6.93. The number of anilines is 1. The second-order valence-corrected chi connectivity index (χ2v) is 5.79. The molecular formula is C15H23N3O2. The summed E-state index contributed by atoms with van der Waals surface area (Å²) in [5, 5.41) is 10.8. The van der Waals surface area contributed by atoms with E-state index in [0.29, 0.717) is 0 Å². The molecule has 0 N–H and O–H groups in total. The minimum absolute atomic E-state index is 0.171. The van der Waals surface area contributed by atoms with Crippen molar-refractivity contribution < 1.29 is 4.92 Å². The fourth-order valence-electron chi connectivity index (χ4n) is 2.47. The van der Waals surface area contributed by atoms with Gasteiger partial charge in [-0.2, -0.15) is 0 Å². The van der Waals surface area contributed by atoms with E-state index in [1.807, 2.05) is 6.07 Å². The maximum atomic E-state index is 10.8. The lowest BCUT2D eigenvalue weighted by molar-refractivity contribution is -0.384. The van der Waals surface area contributed by atoms with E-state index in [4.69, 9.17) is 0 Å². The molecule has 1 heterocycles. The first-order valence-corrected chi connectivity index (χ1v) is 7.28. The number of nitrogens with zero attached hydrogens (tertiary/aromatic N) is 3. The Labute approximate surface area is 120 Å². The normalized spacial score (nSPS) is 16.6. The number of nitro groups is 1. The molecule has 1 aliphatic rings. The molecule has 0 unspecified atom stereocenters. The molecule has 1 aromatic carbocycles. The van der Waals surface area contributed by atoms with Crippen molar-refractivity contribution in [2.75, 3.05) is 37.6 Å². The van der Waals surface area contributed by atoms with Crippen LogP contribution in [0.15, 0.2) is 24.3 Å². The van der Waals surface area contributed by atoms with Gasteiger partial charge >= 0.3 is 0 Å². The quantitative estimate of drug-likeness (QED) is 0.613. The molecule has 20 heavy (non-hydrogen) atoms. The molecule has 5 heteroatoms. The standard InChI is InChI=1S/C15H23N3O2/c1-13(2)6-7-16-8-10-17(11-9-16)14-4-3-5-15(12-14)18(19)20/h3-5,12-13H,6-11H2,1-2H3. The smallest absolute Gasteiger partial charge is 0.271 e. The average Bonchev–Trinajstić information content (AvgIpc) is 2.46. The molecule has 2 rings (SSSR count). The number of benzene rings is 1. The van der Waals surface area contributed by atoms with E-state index in [1.165, 1.54) is 6.42 Å². The van der Waals surface area contributed by atoms with Crippen LogP contribution in [-0.4, -0.2) is 42.5 Å². The number of hydrogen-bond acceptors (Lipinski definition) is 4. The highest BCUT2D eigenvalue weighted by Gasteiger charge is 2.18. The summed E-state index contributed by atoms with van der Waals surface area (Å²) in [4.78, 5) is 15.2. The summed E-state index contributed by atoms with van der Waals surface area (Å²) in [5.74, 6) is 0.741. The van der Waals surface area contributed by atoms with Crippen molar-refractivity contribution in [2.24, 2.45) is 5.92 Å². The third-order valence-electron chi connectivity index (χ3n) is 3.80. The van der Waals surface area contributed by atoms with Crippen molar-refractivity contribution in [3.05, 3.63) is 34.4 Å². The minimum atomic E-state index is -0.331. The lowest BCUT2D eigenvalue weighted by Crippen LogP contribution is -2.46. The van der Waals surface area contributed by atoms with Crippen LogP contribution in [0, 0.1) is 16.0 Å². The van der Waals surface area contributed by atoms with E-state index in [2.05, 4.69) is 23.6 Å². The molecule has 0 bridgehead atoms. The van der Waals surface area contributed by atoms with Gasteiger partial charge in [0.05, 0.1) is 4.92 Å². The first kappa shape index (κ1) is 14.8. The maximum Gasteiger partial charge on any atom is 0.271 e. The largest absolute Gasteiger partial charge is 0.369 e. The second kappa shape index (κ2) is 6.70. The van der Waals surface area contributed by atoms with Gasteiger partial charge in [-0.1, -0.05) is 19.9 Å². The fourth-order valence-corrected chi connectivity index (χ4v) is 2.47. The molecule has 0 radical (unpaired) electrons. The number of nitro benzene ring substituents is 1. The van der Waals surface area contributed by atoms with Crippen molar-refractivity contribution in [3.8, 4) is 0 Å².